The largest absolute Gasteiger partial charge is 0.493 e. The van der Waals surface area contributed by atoms with E-state index in [9.17, 15) is 18.0 Å². The van der Waals surface area contributed by atoms with E-state index in [-0.39, 0.29) is 35.6 Å². The van der Waals surface area contributed by atoms with E-state index in [1.165, 1.54) is 32.4 Å². The summed E-state index contributed by atoms with van der Waals surface area (Å²) in [6, 6.07) is 26.4. The van der Waals surface area contributed by atoms with E-state index in [1.54, 1.807) is 17.0 Å². The van der Waals surface area contributed by atoms with Gasteiger partial charge in [0.1, 0.15) is 12.6 Å². The van der Waals surface area contributed by atoms with Gasteiger partial charge in [-0.05, 0) is 80.1 Å². The minimum Gasteiger partial charge on any atom is -0.493 e. The van der Waals surface area contributed by atoms with Gasteiger partial charge in [-0.1, -0.05) is 85.5 Å². The quantitative estimate of drug-likeness (QED) is 0.152. The molecule has 0 heterocycles. The first-order valence-corrected chi connectivity index (χ1v) is 18.9. The summed E-state index contributed by atoms with van der Waals surface area (Å²) in [4.78, 5) is 30.8. The number of hydrogen-bond acceptors (Lipinski definition) is 6. The van der Waals surface area contributed by atoms with E-state index < -0.39 is 28.5 Å². The van der Waals surface area contributed by atoms with Crippen LogP contribution in [0.25, 0.3) is 0 Å². The monoisotopic (exact) mass is 711 g/mol. The van der Waals surface area contributed by atoms with Gasteiger partial charge in [-0.3, -0.25) is 13.9 Å². The molecule has 4 aromatic carbocycles. The molecule has 2 amide bonds. The highest BCUT2D eigenvalue weighted by Crippen LogP contribution is 2.33. The molecule has 1 aliphatic rings. The predicted molar refractivity (Wildman–Crippen MR) is 201 cm³/mol. The van der Waals surface area contributed by atoms with Crippen molar-refractivity contribution in [1.29, 1.82) is 0 Å². The van der Waals surface area contributed by atoms with Crippen LogP contribution >= 0.6 is 0 Å². The molecule has 0 bridgehead atoms. The van der Waals surface area contributed by atoms with Crippen molar-refractivity contribution in [2.75, 3.05) is 25.1 Å². The second-order valence-electron chi connectivity index (χ2n) is 13.4. The molecule has 1 saturated carbocycles. The molecular formula is C41H49N3O6S. The smallest absolute Gasteiger partial charge is 0.264 e. The summed E-state index contributed by atoms with van der Waals surface area (Å²) in [5.74, 6) is -0.122. The summed E-state index contributed by atoms with van der Waals surface area (Å²) >= 11 is 0. The zero-order valence-corrected chi connectivity index (χ0v) is 31.0. The van der Waals surface area contributed by atoms with Gasteiger partial charge in [0.05, 0.1) is 24.8 Å². The van der Waals surface area contributed by atoms with Gasteiger partial charge in [0.2, 0.25) is 11.8 Å². The van der Waals surface area contributed by atoms with Crippen LogP contribution in [0.15, 0.2) is 95.9 Å². The molecule has 1 aliphatic carbocycles. The first-order valence-electron chi connectivity index (χ1n) is 17.5. The second kappa shape index (κ2) is 16.9. The van der Waals surface area contributed by atoms with Crippen LogP contribution in [0.4, 0.5) is 5.69 Å². The molecule has 10 heteroatoms. The van der Waals surface area contributed by atoms with Gasteiger partial charge in [0, 0.05) is 25.1 Å². The van der Waals surface area contributed by atoms with Gasteiger partial charge >= 0.3 is 0 Å². The third-order valence-electron chi connectivity index (χ3n) is 9.37. The summed E-state index contributed by atoms with van der Waals surface area (Å²) in [7, 11) is -1.41. The molecule has 0 aliphatic heterocycles. The van der Waals surface area contributed by atoms with Crippen molar-refractivity contribution < 1.29 is 27.5 Å². The maximum Gasteiger partial charge on any atom is 0.264 e. The summed E-state index contributed by atoms with van der Waals surface area (Å²) in [5.41, 5.74) is 4.78. The van der Waals surface area contributed by atoms with Crippen LogP contribution in [-0.2, 0) is 32.6 Å². The standard InChI is InChI=1S/C41H49N3O6S/c1-29-13-12-16-33(22-29)27-43(37(25-32-14-8-6-9-15-32)41(46)42-34-17-10-7-11-18-34)40(45)28-44(35-23-30(2)21-31(3)24-35)51(47,48)36-19-20-38(49-4)39(26-36)50-5/h6,8-9,12-16,19-24,26,34,37H,7,10-11,17-18,25,27-28H2,1-5H3,(H,42,46)/t37-/m1/s1. The van der Waals surface area contributed by atoms with Gasteiger partial charge in [0.15, 0.2) is 11.5 Å². The Balaban J connectivity index is 1.60. The fourth-order valence-electron chi connectivity index (χ4n) is 6.83. The molecule has 1 atom stereocenters. The molecule has 0 aromatic heterocycles. The lowest BCUT2D eigenvalue weighted by molar-refractivity contribution is -0.140. The molecule has 5 rings (SSSR count). The number of carbonyl (C=O) groups excluding carboxylic acids is 2. The minimum absolute atomic E-state index is 0.0256. The highest BCUT2D eigenvalue weighted by atomic mass is 32.2. The number of sulfonamides is 1. The first-order chi connectivity index (χ1) is 24.5. The summed E-state index contributed by atoms with van der Waals surface area (Å²) < 4.78 is 41.2. The number of ether oxygens (including phenoxy) is 2. The van der Waals surface area contributed by atoms with E-state index in [2.05, 4.69) is 5.32 Å². The maximum absolute atomic E-state index is 14.9. The highest BCUT2D eigenvalue weighted by molar-refractivity contribution is 7.92. The van der Waals surface area contributed by atoms with Gasteiger partial charge in [-0.25, -0.2) is 8.42 Å². The molecule has 0 radical (unpaired) electrons. The second-order valence-corrected chi connectivity index (χ2v) is 15.3. The van der Waals surface area contributed by atoms with Crippen LogP contribution in [0, 0.1) is 20.8 Å². The number of methoxy groups -OCH3 is 2. The lowest BCUT2D eigenvalue weighted by atomic mass is 9.94. The summed E-state index contributed by atoms with van der Waals surface area (Å²) in [5, 5.41) is 3.26. The van der Waals surface area contributed by atoms with Gasteiger partial charge in [-0.2, -0.15) is 0 Å². The summed E-state index contributed by atoms with van der Waals surface area (Å²) in [6.07, 6.45) is 5.26. The van der Waals surface area contributed by atoms with Crippen molar-refractivity contribution in [1.82, 2.24) is 10.2 Å². The zero-order valence-electron chi connectivity index (χ0n) is 30.2. The van der Waals surface area contributed by atoms with Crippen LogP contribution in [0.1, 0.15) is 59.9 Å². The predicted octanol–water partition coefficient (Wildman–Crippen LogP) is 6.91. The van der Waals surface area contributed by atoms with Crippen molar-refractivity contribution in [3.05, 3.63) is 119 Å². The fraction of sp³-hybridized carbons (Fsp3) is 0.366. The molecule has 9 nitrogen and oxygen atoms in total. The Morgan fingerprint density at radius 3 is 2.08 bits per heavy atom. The minimum atomic E-state index is -4.33. The average molecular weight is 712 g/mol. The Morgan fingerprint density at radius 1 is 0.765 bits per heavy atom. The van der Waals surface area contributed by atoms with Crippen molar-refractivity contribution in [2.24, 2.45) is 0 Å². The number of anilines is 1. The lowest BCUT2D eigenvalue weighted by Gasteiger charge is -2.35. The topological polar surface area (TPSA) is 105 Å². The van der Waals surface area contributed by atoms with Gasteiger partial charge < -0.3 is 19.7 Å². The Kier molecular flexibility index (Phi) is 12.4. The van der Waals surface area contributed by atoms with Crippen molar-refractivity contribution in [2.45, 2.75) is 82.8 Å². The highest BCUT2D eigenvalue weighted by Gasteiger charge is 2.36. The number of benzene rings is 4. The van der Waals surface area contributed by atoms with Crippen molar-refractivity contribution >= 4 is 27.5 Å². The Bertz CT molecular complexity index is 1900. The van der Waals surface area contributed by atoms with E-state index >= 15 is 0 Å². The molecular weight excluding hydrogens is 663 g/mol. The van der Waals surface area contributed by atoms with E-state index in [4.69, 9.17) is 9.47 Å². The van der Waals surface area contributed by atoms with Crippen LogP contribution in [0.2, 0.25) is 0 Å². The lowest BCUT2D eigenvalue weighted by Crippen LogP contribution is -2.55. The van der Waals surface area contributed by atoms with Crippen LogP contribution < -0.4 is 19.1 Å². The molecule has 1 fully saturated rings. The maximum atomic E-state index is 14.9. The Labute approximate surface area is 302 Å². The van der Waals surface area contributed by atoms with Crippen LogP contribution in [0.3, 0.4) is 0 Å². The summed E-state index contributed by atoms with van der Waals surface area (Å²) in [6.45, 7) is 5.33. The molecule has 270 valence electrons. The molecule has 0 unspecified atom stereocenters. The third-order valence-corrected chi connectivity index (χ3v) is 11.1. The van der Waals surface area contributed by atoms with E-state index in [0.717, 1.165) is 64.2 Å². The SMILES string of the molecule is COc1ccc(S(=O)(=O)N(CC(=O)N(Cc2cccc(C)c2)[C@H](Cc2ccccc2)C(=O)NC2CCCCC2)c2cc(C)cc(C)c2)cc1OC. The van der Waals surface area contributed by atoms with E-state index in [0.29, 0.717) is 11.4 Å². The van der Waals surface area contributed by atoms with Crippen LogP contribution in [-0.4, -0.2) is 58.0 Å². The number of aryl methyl sites for hydroxylation is 3. The Hall–Kier alpha value is -4.83. The Morgan fingerprint density at radius 2 is 1.43 bits per heavy atom. The van der Waals surface area contributed by atoms with Crippen molar-refractivity contribution in [3.8, 4) is 11.5 Å². The van der Waals surface area contributed by atoms with Crippen LogP contribution in [0.5, 0.6) is 11.5 Å². The number of rotatable bonds is 14. The number of hydrogen-bond donors (Lipinski definition) is 1. The van der Waals surface area contributed by atoms with Crippen molar-refractivity contribution in [3.63, 3.8) is 0 Å². The zero-order chi connectivity index (χ0) is 36.5. The molecule has 51 heavy (non-hydrogen) atoms. The molecule has 0 spiro atoms. The van der Waals surface area contributed by atoms with E-state index in [1.807, 2.05) is 81.4 Å². The molecule has 4 aromatic rings. The number of carbonyl (C=O) groups is 2. The van der Waals surface area contributed by atoms with Gasteiger partial charge in [0.25, 0.3) is 10.0 Å². The third kappa shape index (κ3) is 9.49. The number of nitrogens with zero attached hydrogens (tertiary/aromatic N) is 2. The number of nitrogens with one attached hydrogen (secondary N) is 1. The molecule has 1 N–H and O–H groups in total. The normalized spacial score (nSPS) is 14.0. The number of amides is 2. The fourth-order valence-corrected chi connectivity index (χ4v) is 8.25. The first kappa shape index (κ1) is 37.4. The molecule has 0 saturated heterocycles. The average Bonchev–Trinajstić information content (AvgIpc) is 3.12. The van der Waals surface area contributed by atoms with Gasteiger partial charge in [-0.15, -0.1) is 0 Å².